The van der Waals surface area contributed by atoms with Gasteiger partial charge in [0.25, 0.3) is 8.32 Å². The van der Waals surface area contributed by atoms with Crippen molar-refractivity contribution in [3.63, 3.8) is 0 Å². The van der Waals surface area contributed by atoms with Gasteiger partial charge in [-0.2, -0.15) is 0 Å². The molecule has 4 aromatic rings. The van der Waals surface area contributed by atoms with E-state index in [0.29, 0.717) is 16.9 Å². The minimum Gasteiger partial charge on any atom is -0.540 e. The molecule has 9 heteroatoms. The third-order valence-electron chi connectivity index (χ3n) is 8.33. The van der Waals surface area contributed by atoms with Crippen molar-refractivity contribution in [2.45, 2.75) is 81.8 Å². The van der Waals surface area contributed by atoms with E-state index in [1.54, 1.807) is 48.5 Å². The van der Waals surface area contributed by atoms with Crippen molar-refractivity contribution < 1.29 is 33.0 Å². The molecule has 0 aromatic heterocycles. The van der Waals surface area contributed by atoms with Crippen LogP contribution in [0.2, 0.25) is 16.6 Å². The van der Waals surface area contributed by atoms with Crippen molar-refractivity contribution >= 4 is 31.8 Å². The zero-order valence-corrected chi connectivity index (χ0v) is 29.8. The molecule has 0 saturated carbocycles. The summed E-state index contributed by atoms with van der Waals surface area (Å²) < 4.78 is 34.4. The van der Waals surface area contributed by atoms with E-state index in [9.17, 15) is 14.7 Å². The fraction of sp³-hybridized carbons (Fsp3) is 0.316. The molecular weight excluding hydrogens is 632 g/mol. The van der Waals surface area contributed by atoms with E-state index in [2.05, 4.69) is 41.5 Å². The maximum absolute atomic E-state index is 16.0. The molecule has 0 spiro atoms. The number of halogens is 1. The number of aromatic hydroxyl groups is 1. The molecule has 248 valence electrons. The number of thioether (sulfide) groups is 1. The van der Waals surface area contributed by atoms with E-state index in [1.807, 2.05) is 30.3 Å². The van der Waals surface area contributed by atoms with Gasteiger partial charge in [0.1, 0.15) is 18.1 Å². The zero-order chi connectivity index (χ0) is 34.3. The number of hydrogen-bond acceptors (Lipinski definition) is 7. The quantitative estimate of drug-likeness (QED) is 0.0469. The average Bonchev–Trinajstić information content (AvgIpc) is 3.03. The van der Waals surface area contributed by atoms with Crippen LogP contribution >= 0.6 is 11.8 Å². The first-order chi connectivity index (χ1) is 22.3. The third-order valence-corrected chi connectivity index (χ3v) is 15.7. The van der Waals surface area contributed by atoms with Crippen LogP contribution in [0.3, 0.4) is 0 Å². The number of phenolic OH excluding ortho intramolecular Hbond substituents is 1. The predicted molar refractivity (Wildman–Crippen MR) is 188 cm³/mol. The van der Waals surface area contributed by atoms with Crippen molar-refractivity contribution in [3.05, 3.63) is 114 Å². The average molecular weight is 675 g/mol. The Bertz CT molecular complexity index is 1660. The molecule has 4 rings (SSSR count). The fourth-order valence-corrected chi connectivity index (χ4v) is 12.6. The van der Waals surface area contributed by atoms with Gasteiger partial charge in [0.05, 0.1) is 10.1 Å². The number of benzene rings is 4. The Kier molecular flexibility index (Phi) is 11.9. The number of rotatable bonds is 14. The van der Waals surface area contributed by atoms with Crippen LogP contribution in [0.1, 0.15) is 75.2 Å². The van der Waals surface area contributed by atoms with Gasteiger partial charge in [-0.15, -0.1) is 11.8 Å². The Labute approximate surface area is 282 Å². The smallest absolute Gasteiger partial charge is 0.308 e. The minimum atomic E-state index is -2.44. The molecule has 1 unspecified atom stereocenters. The summed E-state index contributed by atoms with van der Waals surface area (Å²) in [6.07, 6.45) is 0. The predicted octanol–water partition coefficient (Wildman–Crippen LogP) is 10.3. The lowest BCUT2D eigenvalue weighted by Gasteiger charge is -2.42. The lowest BCUT2D eigenvalue weighted by Crippen LogP contribution is -2.50. The molecule has 47 heavy (non-hydrogen) atoms. The van der Waals surface area contributed by atoms with E-state index in [-0.39, 0.29) is 51.2 Å². The summed E-state index contributed by atoms with van der Waals surface area (Å²) in [5, 5.41) is 9.82. The highest BCUT2D eigenvalue weighted by Crippen LogP contribution is 2.48. The number of ketones is 1. The van der Waals surface area contributed by atoms with Crippen molar-refractivity contribution in [3.8, 4) is 23.0 Å². The highest BCUT2D eigenvalue weighted by atomic mass is 32.2. The van der Waals surface area contributed by atoms with Crippen LogP contribution in [-0.4, -0.2) is 25.2 Å². The van der Waals surface area contributed by atoms with E-state index in [1.165, 1.54) is 19.1 Å². The summed E-state index contributed by atoms with van der Waals surface area (Å²) in [5.74, 6) is -1.41. The molecule has 0 aliphatic rings. The van der Waals surface area contributed by atoms with Gasteiger partial charge in [-0.1, -0.05) is 108 Å². The summed E-state index contributed by atoms with van der Waals surface area (Å²) in [5.41, 5.74) is 2.49. The number of carbonyl (C=O) groups excluding carboxylic acids is 2. The number of hydrogen-bond donors (Lipinski definition) is 1. The molecule has 1 atom stereocenters. The Morgan fingerprint density at radius 2 is 1.36 bits per heavy atom. The summed E-state index contributed by atoms with van der Waals surface area (Å²) in [4.78, 5) is 26.3. The largest absolute Gasteiger partial charge is 0.540 e. The van der Waals surface area contributed by atoms with Crippen molar-refractivity contribution in [2.24, 2.45) is 0 Å². The maximum atomic E-state index is 16.0. The molecule has 1 N–H and O–H groups in total. The second kappa shape index (κ2) is 15.7. The number of Topliss-reactive ketones (excluding diaryl/α,β-unsaturated/α-hetero) is 1. The van der Waals surface area contributed by atoms with E-state index < -0.39 is 25.4 Å². The molecule has 0 saturated heterocycles. The normalized spacial score (nSPS) is 12.3. The first-order valence-electron chi connectivity index (χ1n) is 15.8. The number of carbonyl (C=O) groups is 2. The molecule has 0 radical (unpaired) electrons. The van der Waals surface area contributed by atoms with Crippen LogP contribution in [-0.2, 0) is 11.4 Å². The molecule has 0 aliphatic carbocycles. The van der Waals surface area contributed by atoms with E-state index >= 15 is 4.39 Å². The Morgan fingerprint density at radius 1 is 0.787 bits per heavy atom. The van der Waals surface area contributed by atoms with Crippen LogP contribution in [0.15, 0.2) is 95.9 Å². The molecule has 0 amide bonds. The standard InChI is InChI=1S/C38H43FO6SSi/c1-24(2)47(25(3)4,26(5)6)45-32-20-18-30(22-34(32)44-27(7)40)37(36(42)29-16-12-9-13-17-29)46-38-31(41)19-21-33(35(38)39)43-23-28-14-10-8-11-15-28/h8-22,24-26,37,41H,23H2,1-7H3. The third kappa shape index (κ3) is 8.26. The molecular formula is C38H43FO6SSi. The van der Waals surface area contributed by atoms with E-state index in [4.69, 9.17) is 13.9 Å². The topological polar surface area (TPSA) is 82.1 Å². The van der Waals surface area contributed by atoms with Gasteiger partial charge in [-0.05, 0) is 52.0 Å². The van der Waals surface area contributed by atoms with Gasteiger partial charge in [-0.3, -0.25) is 9.59 Å². The van der Waals surface area contributed by atoms with Gasteiger partial charge in [0.15, 0.2) is 23.1 Å². The van der Waals surface area contributed by atoms with Crippen LogP contribution in [0, 0.1) is 5.82 Å². The SMILES string of the molecule is CC(=O)Oc1cc(C(Sc2c(O)ccc(OCc3ccccc3)c2F)C(=O)c2ccccc2)ccc1O[Si](C(C)C)(C(C)C)C(C)C. The highest BCUT2D eigenvalue weighted by molar-refractivity contribution is 8.00. The van der Waals surface area contributed by atoms with Gasteiger partial charge in [0.2, 0.25) is 0 Å². The first-order valence-corrected chi connectivity index (χ1v) is 18.8. The fourth-order valence-electron chi connectivity index (χ4n) is 6.18. The van der Waals surface area contributed by atoms with Crippen molar-refractivity contribution in [2.75, 3.05) is 0 Å². The summed E-state index contributed by atoms with van der Waals surface area (Å²) in [7, 11) is -2.44. The van der Waals surface area contributed by atoms with Gasteiger partial charge < -0.3 is 19.0 Å². The van der Waals surface area contributed by atoms with Crippen LogP contribution in [0.25, 0.3) is 0 Å². The van der Waals surface area contributed by atoms with Crippen LogP contribution < -0.4 is 13.9 Å². The number of ether oxygens (including phenoxy) is 2. The Hall–Kier alpha value is -4.08. The lowest BCUT2D eigenvalue weighted by molar-refractivity contribution is -0.131. The molecule has 0 fully saturated rings. The number of phenols is 1. The molecule has 0 heterocycles. The summed E-state index contributed by atoms with van der Waals surface area (Å²) >= 11 is 0.868. The van der Waals surface area contributed by atoms with Crippen molar-refractivity contribution in [1.29, 1.82) is 0 Å². The maximum Gasteiger partial charge on any atom is 0.308 e. The van der Waals surface area contributed by atoms with Gasteiger partial charge >= 0.3 is 5.97 Å². The molecule has 4 aromatic carbocycles. The monoisotopic (exact) mass is 674 g/mol. The summed E-state index contributed by atoms with van der Waals surface area (Å²) in [6, 6.07) is 25.8. The number of esters is 1. The first kappa shape index (κ1) is 35.8. The van der Waals surface area contributed by atoms with Gasteiger partial charge in [-0.25, -0.2) is 4.39 Å². The molecule has 6 nitrogen and oxygen atoms in total. The lowest BCUT2D eigenvalue weighted by atomic mass is 10.0. The summed E-state index contributed by atoms with van der Waals surface area (Å²) in [6.45, 7) is 14.4. The van der Waals surface area contributed by atoms with E-state index in [0.717, 1.165) is 17.3 Å². The van der Waals surface area contributed by atoms with Crippen LogP contribution in [0.4, 0.5) is 4.39 Å². The second-order valence-corrected chi connectivity index (χ2v) is 18.9. The molecule has 0 aliphatic heterocycles. The van der Waals surface area contributed by atoms with Crippen LogP contribution in [0.5, 0.6) is 23.0 Å². The Balaban J connectivity index is 1.80. The zero-order valence-electron chi connectivity index (χ0n) is 28.0. The van der Waals surface area contributed by atoms with Gasteiger partial charge in [0, 0.05) is 12.5 Å². The second-order valence-electron chi connectivity index (χ2n) is 12.4. The highest BCUT2D eigenvalue weighted by Gasteiger charge is 2.47. The Morgan fingerprint density at radius 3 is 1.94 bits per heavy atom. The molecule has 0 bridgehead atoms. The van der Waals surface area contributed by atoms with Crippen molar-refractivity contribution in [1.82, 2.24) is 0 Å². The minimum absolute atomic E-state index is 0.0539.